The molecule has 2 N–H and O–H groups in total. The first-order valence-corrected chi connectivity index (χ1v) is 21.1. The van der Waals surface area contributed by atoms with Crippen molar-refractivity contribution in [1.29, 1.82) is 0 Å². The highest BCUT2D eigenvalue weighted by molar-refractivity contribution is 6.18. The maximum Gasteiger partial charge on any atom is 0.255 e. The summed E-state index contributed by atoms with van der Waals surface area (Å²) in [6.07, 6.45) is 4.50. The van der Waals surface area contributed by atoms with E-state index >= 15 is 0 Å². The molecule has 3 aliphatic heterocycles. The van der Waals surface area contributed by atoms with Crippen LogP contribution < -0.4 is 15.4 Å². The van der Waals surface area contributed by atoms with E-state index in [4.69, 9.17) is 16.3 Å². The van der Waals surface area contributed by atoms with Crippen LogP contribution in [0.1, 0.15) is 77.6 Å². The van der Waals surface area contributed by atoms with Crippen molar-refractivity contribution in [3.63, 3.8) is 0 Å². The number of halogens is 1. The Bertz CT molecular complexity index is 2080. The van der Waals surface area contributed by atoms with E-state index < -0.39 is 11.9 Å². The summed E-state index contributed by atoms with van der Waals surface area (Å²) >= 11 is 6.33. The third-order valence-electron chi connectivity index (χ3n) is 11.3. The number of ether oxygens (including phenoxy) is 1. The van der Waals surface area contributed by atoms with Gasteiger partial charge in [0.2, 0.25) is 17.7 Å². The number of hydrogen-bond donors (Lipinski definition) is 2. The van der Waals surface area contributed by atoms with Gasteiger partial charge in [-0.2, -0.15) is 0 Å². The highest BCUT2D eigenvalue weighted by Gasteiger charge is 2.39. The van der Waals surface area contributed by atoms with Gasteiger partial charge in [-0.1, -0.05) is 85.3 Å². The predicted octanol–water partition coefficient (Wildman–Crippen LogP) is 7.23. The fourth-order valence-electron chi connectivity index (χ4n) is 8.21. The van der Waals surface area contributed by atoms with Crippen LogP contribution in [0.3, 0.4) is 0 Å². The smallest absolute Gasteiger partial charge is 0.255 e. The second kappa shape index (κ2) is 19.8. The standard InChI is InChI=1S/C47H52ClN5O5/c48-25-24-38(34-11-4-1-5-12-34)45(35-13-6-2-7-14-35)36-18-20-37(21-19-36)58-32-31-51-27-29-52(30-28-51)44(55)17-8-3-9-26-49-41-16-10-15-39-40(41)33-53(47(39)57)42-22-23-43(54)50-46(42)56/h1-2,4-7,10-16,18-21,42,49H,3,8-9,17,22-33H2,(H,50,54,56)/b45-38-. The highest BCUT2D eigenvalue weighted by Crippen LogP contribution is 2.36. The monoisotopic (exact) mass is 801 g/mol. The molecular weight excluding hydrogens is 750 g/mol. The minimum Gasteiger partial charge on any atom is -0.492 e. The zero-order valence-corrected chi connectivity index (χ0v) is 33.7. The number of hydrogen-bond acceptors (Lipinski definition) is 7. The molecular formula is C47H52ClN5O5. The van der Waals surface area contributed by atoms with E-state index in [1.807, 2.05) is 41.3 Å². The quantitative estimate of drug-likeness (QED) is 0.0502. The number of fused-ring (bicyclic) bond motifs is 1. The van der Waals surface area contributed by atoms with Crippen LogP contribution in [-0.4, -0.2) is 96.1 Å². The molecule has 11 heteroatoms. The van der Waals surface area contributed by atoms with E-state index in [0.29, 0.717) is 37.4 Å². The number of carbonyl (C=O) groups is 4. The summed E-state index contributed by atoms with van der Waals surface area (Å²) in [6, 6.07) is 34.3. The Balaban J connectivity index is 0.808. The SMILES string of the molecule is O=C1CCC(N2Cc3c(NCCCCCC(=O)N4CCN(CCOc5ccc(/C(=C(/CCCl)c6ccccc6)c6ccccc6)cc5)CC4)cccc3C2=O)C(=O)N1. The fraction of sp³-hybridized carbons (Fsp3) is 0.362. The van der Waals surface area contributed by atoms with E-state index in [-0.39, 0.29) is 24.1 Å². The summed E-state index contributed by atoms with van der Waals surface area (Å²) in [5.41, 5.74) is 8.21. The zero-order chi connectivity index (χ0) is 40.3. The Morgan fingerprint density at radius 2 is 1.48 bits per heavy atom. The van der Waals surface area contributed by atoms with Crippen LogP contribution in [0.25, 0.3) is 11.1 Å². The molecule has 1 atom stereocenters. The van der Waals surface area contributed by atoms with Crippen molar-refractivity contribution in [2.45, 2.75) is 57.5 Å². The highest BCUT2D eigenvalue weighted by atomic mass is 35.5. The van der Waals surface area contributed by atoms with Gasteiger partial charge in [0.05, 0.1) is 0 Å². The van der Waals surface area contributed by atoms with Crippen molar-refractivity contribution in [1.82, 2.24) is 20.0 Å². The molecule has 4 amide bonds. The van der Waals surface area contributed by atoms with Gasteiger partial charge < -0.3 is 19.9 Å². The molecule has 0 aromatic heterocycles. The van der Waals surface area contributed by atoms with Gasteiger partial charge in [-0.25, -0.2) is 0 Å². The van der Waals surface area contributed by atoms with Gasteiger partial charge in [-0.05, 0) is 77.8 Å². The van der Waals surface area contributed by atoms with Gasteiger partial charge in [0.1, 0.15) is 18.4 Å². The first-order valence-electron chi connectivity index (χ1n) is 20.5. The van der Waals surface area contributed by atoms with Crippen LogP contribution in [0.15, 0.2) is 103 Å². The van der Waals surface area contributed by atoms with Crippen molar-refractivity contribution in [3.8, 4) is 5.75 Å². The first-order chi connectivity index (χ1) is 28.4. The van der Waals surface area contributed by atoms with E-state index in [0.717, 1.165) is 93.1 Å². The van der Waals surface area contributed by atoms with Gasteiger partial charge in [0, 0.05) is 81.3 Å². The number of anilines is 1. The fourth-order valence-corrected chi connectivity index (χ4v) is 8.40. The molecule has 2 saturated heterocycles. The third kappa shape index (κ3) is 9.97. The largest absolute Gasteiger partial charge is 0.492 e. The molecule has 0 spiro atoms. The zero-order valence-electron chi connectivity index (χ0n) is 33.0. The molecule has 58 heavy (non-hydrogen) atoms. The summed E-state index contributed by atoms with van der Waals surface area (Å²) in [6.45, 7) is 5.55. The van der Waals surface area contributed by atoms with Gasteiger partial charge in [-0.15, -0.1) is 11.6 Å². The van der Waals surface area contributed by atoms with Crippen molar-refractivity contribution >= 4 is 52.1 Å². The molecule has 3 aliphatic rings. The minimum absolute atomic E-state index is 0.175. The number of amides is 4. The van der Waals surface area contributed by atoms with Crippen LogP contribution in [0.2, 0.25) is 0 Å². The Hall–Kier alpha value is -5.45. The second-order valence-corrected chi connectivity index (χ2v) is 15.5. The number of nitrogens with zero attached hydrogens (tertiary/aromatic N) is 3. The van der Waals surface area contributed by atoms with Crippen LogP contribution >= 0.6 is 11.6 Å². The van der Waals surface area contributed by atoms with E-state index in [9.17, 15) is 19.2 Å². The number of nitrogens with one attached hydrogen (secondary N) is 2. The lowest BCUT2D eigenvalue weighted by atomic mass is 9.88. The Kier molecular flexibility index (Phi) is 13.9. The summed E-state index contributed by atoms with van der Waals surface area (Å²) in [5, 5.41) is 5.82. The number of imide groups is 1. The molecule has 0 saturated carbocycles. The first kappa shape index (κ1) is 40.7. The molecule has 0 radical (unpaired) electrons. The topological polar surface area (TPSA) is 111 Å². The Morgan fingerprint density at radius 3 is 2.19 bits per heavy atom. The van der Waals surface area contributed by atoms with Crippen molar-refractivity contribution in [2.24, 2.45) is 0 Å². The van der Waals surface area contributed by atoms with Crippen LogP contribution in [0.5, 0.6) is 5.75 Å². The number of piperazine rings is 1. The summed E-state index contributed by atoms with van der Waals surface area (Å²) in [4.78, 5) is 56.1. The van der Waals surface area contributed by atoms with E-state index in [1.165, 1.54) is 16.7 Å². The van der Waals surface area contributed by atoms with Crippen LogP contribution in [-0.2, 0) is 20.9 Å². The molecule has 0 bridgehead atoms. The van der Waals surface area contributed by atoms with Gasteiger partial charge in [0.25, 0.3) is 5.91 Å². The third-order valence-corrected chi connectivity index (χ3v) is 11.5. The molecule has 10 nitrogen and oxygen atoms in total. The normalized spacial score (nSPS) is 17.5. The Morgan fingerprint density at radius 1 is 0.776 bits per heavy atom. The maximum atomic E-state index is 13.1. The van der Waals surface area contributed by atoms with Gasteiger partial charge in [-0.3, -0.25) is 29.4 Å². The molecule has 302 valence electrons. The summed E-state index contributed by atoms with van der Waals surface area (Å²) < 4.78 is 6.19. The number of benzene rings is 4. The van der Waals surface area contributed by atoms with Crippen molar-refractivity contribution in [3.05, 3.63) is 131 Å². The molecule has 7 rings (SSSR count). The number of allylic oxidation sites excluding steroid dienone is 1. The van der Waals surface area contributed by atoms with Gasteiger partial charge >= 0.3 is 0 Å². The second-order valence-electron chi connectivity index (χ2n) is 15.1. The number of carbonyl (C=O) groups excluding carboxylic acids is 4. The maximum absolute atomic E-state index is 13.1. The summed E-state index contributed by atoms with van der Waals surface area (Å²) in [7, 11) is 0. The average molecular weight is 802 g/mol. The number of rotatable bonds is 17. The average Bonchev–Trinajstić information content (AvgIpc) is 3.59. The lowest BCUT2D eigenvalue weighted by molar-refractivity contribution is -0.137. The molecule has 3 heterocycles. The van der Waals surface area contributed by atoms with Crippen molar-refractivity contribution < 1.29 is 23.9 Å². The van der Waals surface area contributed by atoms with Crippen LogP contribution in [0.4, 0.5) is 5.69 Å². The number of alkyl halides is 1. The van der Waals surface area contributed by atoms with E-state index in [2.05, 4.69) is 76.2 Å². The minimum atomic E-state index is -0.631. The lowest BCUT2D eigenvalue weighted by Crippen LogP contribution is -2.52. The number of piperidine rings is 1. The number of unbranched alkanes of at least 4 members (excludes halogenated alkanes) is 2. The van der Waals surface area contributed by atoms with E-state index in [1.54, 1.807) is 11.0 Å². The lowest BCUT2D eigenvalue weighted by Gasteiger charge is -2.34. The molecule has 4 aromatic carbocycles. The molecule has 2 fully saturated rings. The molecule has 0 aliphatic carbocycles. The van der Waals surface area contributed by atoms with Crippen LogP contribution in [0, 0.1) is 0 Å². The predicted molar refractivity (Wildman–Crippen MR) is 229 cm³/mol. The Labute approximate surface area is 346 Å². The molecule has 1 unspecified atom stereocenters. The van der Waals surface area contributed by atoms with Crippen molar-refractivity contribution in [2.75, 3.05) is 57.1 Å². The summed E-state index contributed by atoms with van der Waals surface area (Å²) in [5.74, 6) is 0.697. The molecule has 4 aromatic rings. The van der Waals surface area contributed by atoms with Gasteiger partial charge in [0.15, 0.2) is 0 Å².